The molecule has 0 unspecified atom stereocenters. The molecule has 1 aromatic rings. The first-order chi connectivity index (χ1) is 12.1. The summed E-state index contributed by atoms with van der Waals surface area (Å²) in [7, 11) is 3.29. The second-order valence-corrected chi connectivity index (χ2v) is 5.46. The summed E-state index contributed by atoms with van der Waals surface area (Å²) in [5.74, 6) is 1.51. The van der Waals surface area contributed by atoms with Crippen molar-refractivity contribution in [1.29, 1.82) is 0 Å². The Bertz CT molecular complexity index is 539. The van der Waals surface area contributed by atoms with Crippen LogP contribution in [0.3, 0.4) is 0 Å². The van der Waals surface area contributed by atoms with E-state index < -0.39 is 0 Å². The SMILES string of the molecule is C=C(/C=C\C(=C/C)CN(Cc1ccc(OC)cc1)NSC)OC.CC. The molecule has 0 aliphatic carbocycles. The Kier molecular flexibility index (Phi) is 13.6. The van der Waals surface area contributed by atoms with Gasteiger partial charge in [-0.15, -0.1) is 0 Å². The van der Waals surface area contributed by atoms with Crippen LogP contribution in [-0.4, -0.2) is 32.0 Å². The third kappa shape index (κ3) is 10.0. The minimum Gasteiger partial charge on any atom is -0.497 e. The molecule has 5 heteroatoms. The van der Waals surface area contributed by atoms with Gasteiger partial charge in [0.1, 0.15) is 11.5 Å². The van der Waals surface area contributed by atoms with Crippen LogP contribution in [0.15, 0.2) is 60.4 Å². The number of nitrogens with zero attached hydrogens (tertiary/aromatic N) is 1. The highest BCUT2D eigenvalue weighted by Crippen LogP contribution is 2.14. The van der Waals surface area contributed by atoms with Crippen LogP contribution in [0, 0.1) is 0 Å². The summed E-state index contributed by atoms with van der Waals surface area (Å²) in [6.45, 7) is 11.4. The van der Waals surface area contributed by atoms with Crippen molar-refractivity contribution in [2.24, 2.45) is 0 Å². The quantitative estimate of drug-likeness (QED) is 0.274. The van der Waals surface area contributed by atoms with Gasteiger partial charge >= 0.3 is 0 Å². The molecule has 0 fully saturated rings. The molecule has 0 saturated heterocycles. The molecule has 4 nitrogen and oxygen atoms in total. The van der Waals surface area contributed by atoms with E-state index in [0.29, 0.717) is 5.76 Å². The van der Waals surface area contributed by atoms with E-state index in [-0.39, 0.29) is 0 Å². The number of methoxy groups -OCH3 is 2. The molecule has 1 N–H and O–H groups in total. The molecule has 0 radical (unpaired) electrons. The van der Waals surface area contributed by atoms with Crippen LogP contribution in [0.2, 0.25) is 0 Å². The van der Waals surface area contributed by atoms with Gasteiger partial charge in [0, 0.05) is 13.1 Å². The molecule has 0 heterocycles. The lowest BCUT2D eigenvalue weighted by Gasteiger charge is -2.22. The number of rotatable bonds is 10. The standard InChI is InChI=1S/C18H26N2O2S.C2H6/c1-6-16(8-7-15(2)21-3)13-20(19-23-5)14-17-9-11-18(22-4)12-10-17;1-2/h6-12,19H,2,13-14H2,1,3-5H3;1-2H3/b8-7-,16-6+;. The Morgan fingerprint density at radius 1 is 1.20 bits per heavy atom. The summed E-state index contributed by atoms with van der Waals surface area (Å²) in [6.07, 6.45) is 8.00. The summed E-state index contributed by atoms with van der Waals surface area (Å²) >= 11 is 1.58. The summed E-state index contributed by atoms with van der Waals surface area (Å²) in [5.41, 5.74) is 2.39. The molecule has 0 saturated carbocycles. The third-order valence-corrected chi connectivity index (χ3v) is 3.68. The number of allylic oxidation sites excluding steroid dienone is 2. The number of ether oxygens (including phenoxy) is 2. The molecule has 25 heavy (non-hydrogen) atoms. The van der Waals surface area contributed by atoms with Gasteiger partial charge in [0.2, 0.25) is 0 Å². The van der Waals surface area contributed by atoms with Gasteiger partial charge in [-0.1, -0.05) is 56.7 Å². The molecule has 0 amide bonds. The maximum atomic E-state index is 5.20. The Morgan fingerprint density at radius 2 is 1.84 bits per heavy atom. The van der Waals surface area contributed by atoms with Gasteiger partial charge in [-0.05, 0) is 42.5 Å². The van der Waals surface area contributed by atoms with E-state index in [2.05, 4.69) is 34.6 Å². The summed E-state index contributed by atoms with van der Waals surface area (Å²) in [6, 6.07) is 8.11. The Morgan fingerprint density at radius 3 is 2.32 bits per heavy atom. The monoisotopic (exact) mass is 364 g/mol. The number of benzene rings is 1. The number of hydrogen-bond donors (Lipinski definition) is 1. The maximum absolute atomic E-state index is 5.20. The highest BCUT2D eigenvalue weighted by atomic mass is 32.2. The molecule has 140 valence electrons. The van der Waals surface area contributed by atoms with Crippen molar-refractivity contribution in [3.05, 3.63) is 66.0 Å². The Balaban J connectivity index is 0.00000277. The molecule has 0 aliphatic heterocycles. The lowest BCUT2D eigenvalue weighted by molar-refractivity contribution is 0.265. The zero-order chi connectivity index (χ0) is 19.1. The van der Waals surface area contributed by atoms with E-state index in [4.69, 9.17) is 9.47 Å². The van der Waals surface area contributed by atoms with Crippen molar-refractivity contribution in [1.82, 2.24) is 9.84 Å². The van der Waals surface area contributed by atoms with Crippen molar-refractivity contribution in [3.8, 4) is 5.75 Å². The predicted octanol–water partition coefficient (Wildman–Crippen LogP) is 4.97. The average molecular weight is 365 g/mol. The lowest BCUT2D eigenvalue weighted by Crippen LogP contribution is -2.34. The van der Waals surface area contributed by atoms with Gasteiger partial charge < -0.3 is 9.47 Å². The largest absolute Gasteiger partial charge is 0.497 e. The molecular formula is C20H32N2O2S. The zero-order valence-electron chi connectivity index (χ0n) is 16.3. The highest BCUT2D eigenvalue weighted by Gasteiger charge is 2.07. The summed E-state index contributed by atoms with van der Waals surface area (Å²) < 4.78 is 10.3. The van der Waals surface area contributed by atoms with Crippen molar-refractivity contribution in [2.45, 2.75) is 27.3 Å². The van der Waals surface area contributed by atoms with Gasteiger partial charge in [-0.2, -0.15) is 4.83 Å². The van der Waals surface area contributed by atoms with Gasteiger partial charge in [0.15, 0.2) is 0 Å². The van der Waals surface area contributed by atoms with Crippen LogP contribution in [0.4, 0.5) is 0 Å². The molecule has 0 aromatic heterocycles. The Hall–Kier alpha value is -1.69. The molecular weight excluding hydrogens is 332 g/mol. The van der Waals surface area contributed by atoms with Crippen LogP contribution < -0.4 is 9.57 Å². The van der Waals surface area contributed by atoms with Gasteiger partial charge in [-0.25, -0.2) is 5.01 Å². The van der Waals surface area contributed by atoms with Crippen molar-refractivity contribution in [2.75, 3.05) is 27.0 Å². The number of hydrazine groups is 1. The van der Waals surface area contributed by atoms with Gasteiger partial charge in [0.05, 0.1) is 14.2 Å². The van der Waals surface area contributed by atoms with E-state index in [0.717, 1.165) is 18.8 Å². The van der Waals surface area contributed by atoms with Crippen LogP contribution in [-0.2, 0) is 11.3 Å². The second kappa shape index (κ2) is 14.6. The summed E-state index contributed by atoms with van der Waals surface area (Å²) in [4.78, 5) is 3.32. The van der Waals surface area contributed by atoms with E-state index >= 15 is 0 Å². The fourth-order valence-electron chi connectivity index (χ4n) is 1.93. The molecule has 1 rings (SSSR count). The first-order valence-corrected chi connectivity index (χ1v) is 9.58. The molecule has 0 aliphatic rings. The van der Waals surface area contributed by atoms with Gasteiger partial charge in [-0.3, -0.25) is 0 Å². The minimum absolute atomic E-state index is 0.642. The molecule has 0 atom stereocenters. The second-order valence-electron chi connectivity index (χ2n) is 4.87. The average Bonchev–Trinajstić information content (AvgIpc) is 2.67. The Labute approximate surface area is 157 Å². The molecule has 0 spiro atoms. The van der Waals surface area contributed by atoms with E-state index in [1.54, 1.807) is 26.2 Å². The maximum Gasteiger partial charge on any atom is 0.118 e. The van der Waals surface area contributed by atoms with E-state index in [1.807, 2.05) is 51.3 Å². The first kappa shape index (κ1) is 23.3. The van der Waals surface area contributed by atoms with Crippen LogP contribution in [0.5, 0.6) is 5.75 Å². The predicted molar refractivity (Wildman–Crippen MR) is 110 cm³/mol. The summed E-state index contributed by atoms with van der Waals surface area (Å²) in [5, 5.41) is 2.15. The van der Waals surface area contributed by atoms with Crippen molar-refractivity contribution < 1.29 is 9.47 Å². The normalized spacial score (nSPS) is 11.2. The van der Waals surface area contributed by atoms with Crippen LogP contribution in [0.25, 0.3) is 0 Å². The smallest absolute Gasteiger partial charge is 0.118 e. The number of nitrogens with one attached hydrogen (secondary N) is 1. The highest BCUT2D eigenvalue weighted by molar-refractivity contribution is 7.96. The topological polar surface area (TPSA) is 33.7 Å². The molecule has 1 aromatic carbocycles. The number of hydrogen-bond acceptors (Lipinski definition) is 5. The van der Waals surface area contributed by atoms with Crippen LogP contribution >= 0.6 is 11.9 Å². The fraction of sp³-hybridized carbons (Fsp3) is 0.400. The first-order valence-electron chi connectivity index (χ1n) is 8.35. The minimum atomic E-state index is 0.642. The third-order valence-electron chi connectivity index (χ3n) is 3.24. The molecule has 0 bridgehead atoms. The lowest BCUT2D eigenvalue weighted by atomic mass is 10.2. The van der Waals surface area contributed by atoms with E-state index in [9.17, 15) is 0 Å². The van der Waals surface area contributed by atoms with Gasteiger partial charge in [0.25, 0.3) is 0 Å². The fourth-order valence-corrected chi connectivity index (χ4v) is 2.32. The van der Waals surface area contributed by atoms with Crippen molar-refractivity contribution in [3.63, 3.8) is 0 Å². The van der Waals surface area contributed by atoms with Crippen LogP contribution in [0.1, 0.15) is 26.3 Å². The zero-order valence-corrected chi connectivity index (χ0v) is 17.2. The van der Waals surface area contributed by atoms with E-state index in [1.165, 1.54) is 11.1 Å². The van der Waals surface area contributed by atoms with Crippen molar-refractivity contribution >= 4 is 11.9 Å².